The van der Waals surface area contributed by atoms with E-state index in [9.17, 15) is 0 Å². The molecule has 0 saturated heterocycles. The summed E-state index contributed by atoms with van der Waals surface area (Å²) in [6.07, 6.45) is -2.31. The van der Waals surface area contributed by atoms with Crippen molar-refractivity contribution in [3.8, 4) is 0 Å². The molecule has 0 aliphatic rings. The maximum Gasteiger partial charge on any atom is 0.108 e. The number of hydrogen-bond donors (Lipinski definition) is 0. The molecule has 0 fully saturated rings. The van der Waals surface area contributed by atoms with E-state index in [0.717, 1.165) is 0 Å². The lowest BCUT2D eigenvalue weighted by Gasteiger charge is -2.22. The van der Waals surface area contributed by atoms with Crippen LogP contribution < -0.4 is 0 Å². The standard InChI is InChI=1S/C18H23NO/c1-15-9-7-8-12-17(15)18(20-14-13-19(2)3)16-10-5-4-6-11-16/h4-12,18H,13-14H2,1-3H3/i2D3,3D3,13D2,14D2,18D. The van der Waals surface area contributed by atoms with Crippen molar-refractivity contribution in [2.24, 2.45) is 0 Å². The zero-order valence-corrected chi connectivity index (χ0v) is 11.1. The summed E-state index contributed by atoms with van der Waals surface area (Å²) >= 11 is 0. The number of rotatable bonds is 6. The predicted octanol–water partition coefficient (Wildman–Crippen LogP) is 3.66. The fourth-order valence-electron chi connectivity index (χ4n) is 1.81. The summed E-state index contributed by atoms with van der Waals surface area (Å²) in [7, 11) is 0. The van der Waals surface area contributed by atoms with E-state index < -0.39 is 38.0 Å². The Morgan fingerprint density at radius 2 is 1.85 bits per heavy atom. The zero-order chi connectivity index (χ0) is 23.9. The molecular weight excluding hydrogens is 246 g/mol. The summed E-state index contributed by atoms with van der Waals surface area (Å²) in [6.45, 7) is -12.5. The summed E-state index contributed by atoms with van der Waals surface area (Å²) in [5.74, 6) is 0. The first-order valence-electron chi connectivity index (χ1n) is 11.6. The third-order valence-corrected chi connectivity index (χ3v) is 2.74. The van der Waals surface area contributed by atoms with Gasteiger partial charge in [0.25, 0.3) is 0 Å². The Bertz CT molecular complexity index is 881. The van der Waals surface area contributed by atoms with Crippen molar-refractivity contribution >= 4 is 0 Å². The Kier molecular flexibility index (Phi) is 2.17. The minimum atomic E-state index is -3.66. The van der Waals surface area contributed by atoms with Crippen LogP contribution in [0, 0.1) is 6.92 Å². The highest BCUT2D eigenvalue weighted by Crippen LogP contribution is 2.28. The molecule has 0 aromatic heterocycles. The molecule has 2 heteroatoms. The summed E-state index contributed by atoms with van der Waals surface area (Å²) in [5, 5.41) is 0. The molecule has 1 atom stereocenters. The first-order valence-corrected chi connectivity index (χ1v) is 6.07. The minimum Gasteiger partial charge on any atom is -0.367 e. The Morgan fingerprint density at radius 1 is 1.15 bits per heavy atom. The molecular formula is C18H23NO. The fourth-order valence-corrected chi connectivity index (χ4v) is 1.81. The van der Waals surface area contributed by atoms with Crippen LogP contribution in [-0.2, 0) is 4.74 Å². The van der Waals surface area contributed by atoms with Gasteiger partial charge in [-0.15, -0.1) is 0 Å². The van der Waals surface area contributed by atoms with Crippen LogP contribution in [0.3, 0.4) is 0 Å². The van der Waals surface area contributed by atoms with Gasteiger partial charge in [0.05, 0.1) is 10.7 Å². The molecule has 20 heavy (non-hydrogen) atoms. The first-order chi connectivity index (χ1) is 13.9. The van der Waals surface area contributed by atoms with Crippen LogP contribution in [0.4, 0.5) is 0 Å². The number of benzene rings is 2. The van der Waals surface area contributed by atoms with Gasteiger partial charge in [0, 0.05) is 17.5 Å². The van der Waals surface area contributed by atoms with E-state index in [0.29, 0.717) is 5.56 Å². The van der Waals surface area contributed by atoms with Gasteiger partial charge in [-0.2, -0.15) is 0 Å². The Morgan fingerprint density at radius 3 is 2.55 bits per heavy atom. The average molecular weight is 280 g/mol. The van der Waals surface area contributed by atoms with Gasteiger partial charge in [0.2, 0.25) is 0 Å². The highest BCUT2D eigenvalue weighted by molar-refractivity contribution is 5.35. The number of hydrogen-bond acceptors (Lipinski definition) is 2. The topological polar surface area (TPSA) is 12.5 Å². The monoisotopic (exact) mass is 280 g/mol. The van der Waals surface area contributed by atoms with Crippen molar-refractivity contribution in [1.82, 2.24) is 4.90 Å². The maximum absolute atomic E-state index is 9.00. The van der Waals surface area contributed by atoms with Crippen molar-refractivity contribution in [2.45, 2.75) is 13.0 Å². The van der Waals surface area contributed by atoms with Crippen LogP contribution in [0.25, 0.3) is 0 Å². The molecule has 0 N–H and O–H groups in total. The van der Waals surface area contributed by atoms with Gasteiger partial charge in [0.15, 0.2) is 0 Å². The molecule has 0 aliphatic carbocycles. The quantitative estimate of drug-likeness (QED) is 0.800. The Hall–Kier alpha value is -1.64. The normalized spacial score (nSPS) is 25.0. The van der Waals surface area contributed by atoms with E-state index in [1.807, 2.05) is 0 Å². The second-order valence-corrected chi connectivity index (χ2v) is 4.16. The van der Waals surface area contributed by atoms with Crippen LogP contribution >= 0.6 is 0 Å². The predicted molar refractivity (Wildman–Crippen MR) is 84.0 cm³/mol. The Balaban J connectivity index is 2.67. The number of nitrogens with zero attached hydrogens (tertiary/aromatic N) is 1. The molecule has 0 aliphatic heterocycles. The Labute approximate surface area is 137 Å². The van der Waals surface area contributed by atoms with Crippen molar-refractivity contribution in [3.05, 3.63) is 71.3 Å². The molecule has 0 bridgehead atoms. The van der Waals surface area contributed by atoms with Crippen molar-refractivity contribution in [1.29, 1.82) is 0 Å². The molecule has 2 aromatic carbocycles. The van der Waals surface area contributed by atoms with Crippen LogP contribution in [0.2, 0.25) is 0 Å². The highest BCUT2D eigenvalue weighted by atomic mass is 16.5. The lowest BCUT2D eigenvalue weighted by Crippen LogP contribution is -2.20. The van der Waals surface area contributed by atoms with Crippen LogP contribution in [0.1, 0.15) is 37.8 Å². The van der Waals surface area contributed by atoms with Crippen LogP contribution in [0.15, 0.2) is 54.6 Å². The maximum atomic E-state index is 9.00. The second-order valence-electron chi connectivity index (χ2n) is 4.16. The van der Waals surface area contributed by atoms with Gasteiger partial charge in [0.1, 0.15) is 6.08 Å². The number of likely N-dealkylation sites (N-methyl/N-ethyl adjacent to an activating group) is 1. The van der Waals surface area contributed by atoms with Crippen molar-refractivity contribution in [3.63, 3.8) is 0 Å². The van der Waals surface area contributed by atoms with E-state index in [4.69, 9.17) is 19.8 Å². The summed E-state index contributed by atoms with van der Waals surface area (Å²) in [6, 6.07) is 14.3. The summed E-state index contributed by atoms with van der Waals surface area (Å²) < 4.78 is 92.0. The lowest BCUT2D eigenvalue weighted by molar-refractivity contribution is 0.0683. The van der Waals surface area contributed by atoms with E-state index in [2.05, 4.69) is 0 Å². The lowest BCUT2D eigenvalue weighted by atomic mass is 9.97. The molecule has 0 amide bonds. The van der Waals surface area contributed by atoms with E-state index >= 15 is 0 Å². The van der Waals surface area contributed by atoms with Crippen LogP contribution in [0.5, 0.6) is 0 Å². The highest BCUT2D eigenvalue weighted by Gasteiger charge is 2.16. The number of ether oxygens (including phenoxy) is 1. The third-order valence-electron chi connectivity index (χ3n) is 2.74. The number of aryl methyl sites for hydroxylation is 1. The second kappa shape index (κ2) is 7.22. The van der Waals surface area contributed by atoms with Gasteiger partial charge >= 0.3 is 0 Å². The fraction of sp³-hybridized carbons (Fsp3) is 0.333. The van der Waals surface area contributed by atoms with Gasteiger partial charge in [-0.1, -0.05) is 54.6 Å². The zero-order valence-electron chi connectivity index (χ0n) is 22.1. The largest absolute Gasteiger partial charge is 0.367 e. The van der Waals surface area contributed by atoms with Crippen LogP contribution in [-0.4, -0.2) is 31.9 Å². The molecule has 0 heterocycles. The molecule has 0 spiro atoms. The first kappa shape index (κ1) is 6.00. The molecule has 1 unspecified atom stereocenters. The van der Waals surface area contributed by atoms with Crippen molar-refractivity contribution in [2.75, 3.05) is 27.0 Å². The van der Waals surface area contributed by atoms with E-state index in [1.54, 1.807) is 43.3 Å². The van der Waals surface area contributed by atoms with Gasteiger partial charge in [-0.3, -0.25) is 0 Å². The molecule has 2 aromatic rings. The molecule has 0 saturated carbocycles. The molecule has 106 valence electrons. The summed E-state index contributed by atoms with van der Waals surface area (Å²) in [5.41, 5.74) is 0.884. The minimum absolute atomic E-state index is 0.151. The molecule has 2 nitrogen and oxygen atoms in total. The van der Waals surface area contributed by atoms with Gasteiger partial charge in [-0.05, 0) is 37.6 Å². The average Bonchev–Trinajstić information content (AvgIpc) is 2.59. The van der Waals surface area contributed by atoms with E-state index in [-0.39, 0.29) is 11.1 Å². The van der Waals surface area contributed by atoms with Gasteiger partial charge < -0.3 is 9.64 Å². The smallest absolute Gasteiger partial charge is 0.108 e. The van der Waals surface area contributed by atoms with Gasteiger partial charge in [-0.25, -0.2) is 0 Å². The third kappa shape index (κ3) is 3.92. The molecule has 0 radical (unpaired) electrons. The van der Waals surface area contributed by atoms with E-state index in [1.165, 1.54) is 18.2 Å². The summed E-state index contributed by atoms with van der Waals surface area (Å²) in [4.78, 5) is -0.518. The van der Waals surface area contributed by atoms with Crippen molar-refractivity contribution < 1.29 is 19.8 Å². The molecule has 2 rings (SSSR count). The SMILES string of the molecule is [2H]C(OC([2H])([2H])C([2H])([2H])N(C([2H])([2H])[2H])C([2H])([2H])[2H])(c1ccccc1)c1ccccc1C.